The van der Waals surface area contributed by atoms with Gasteiger partial charge in [0, 0.05) is 18.4 Å². The number of aliphatic hydroxyl groups excluding tert-OH is 6. The van der Waals surface area contributed by atoms with Crippen molar-refractivity contribution in [1.29, 1.82) is 0 Å². The molecule has 3 aliphatic carbocycles. The maximum Gasteiger partial charge on any atom is 0.187 e. The van der Waals surface area contributed by atoms with Crippen LogP contribution < -0.4 is 0 Å². The molecule has 1 heterocycles. The van der Waals surface area contributed by atoms with Crippen LogP contribution in [0.15, 0.2) is 22.8 Å². The molecule has 1 saturated carbocycles. The van der Waals surface area contributed by atoms with Crippen molar-refractivity contribution in [2.75, 3.05) is 20.3 Å². The molecular formula is C27H44O9. The van der Waals surface area contributed by atoms with Gasteiger partial charge in [0.05, 0.1) is 25.4 Å². The van der Waals surface area contributed by atoms with Gasteiger partial charge in [-0.2, -0.15) is 0 Å². The van der Waals surface area contributed by atoms with Crippen LogP contribution in [-0.2, 0) is 14.2 Å². The molecule has 36 heavy (non-hydrogen) atoms. The van der Waals surface area contributed by atoms with Gasteiger partial charge in [0.25, 0.3) is 0 Å². The predicted molar refractivity (Wildman–Crippen MR) is 131 cm³/mol. The summed E-state index contributed by atoms with van der Waals surface area (Å²) >= 11 is 0. The van der Waals surface area contributed by atoms with E-state index in [-0.39, 0.29) is 23.7 Å². The molecule has 0 spiro atoms. The lowest BCUT2D eigenvalue weighted by Crippen LogP contribution is -2.60. The van der Waals surface area contributed by atoms with Gasteiger partial charge in [-0.15, -0.1) is 0 Å². The molecule has 9 heteroatoms. The van der Waals surface area contributed by atoms with Crippen LogP contribution in [0.3, 0.4) is 0 Å². The second-order valence-corrected chi connectivity index (χ2v) is 11.7. The van der Waals surface area contributed by atoms with Gasteiger partial charge < -0.3 is 44.8 Å². The first-order valence-corrected chi connectivity index (χ1v) is 13.2. The average molecular weight is 513 g/mol. The Morgan fingerprint density at radius 3 is 2.36 bits per heavy atom. The van der Waals surface area contributed by atoms with E-state index in [0.717, 1.165) is 24.0 Å². The van der Waals surface area contributed by atoms with Crippen LogP contribution in [-0.4, -0.2) is 100.0 Å². The number of hydrogen-bond donors (Lipinski definition) is 6. The molecule has 0 unspecified atom stereocenters. The SMILES string of the molecule is COC[C@H]1CC[C@@H]2C1=C[C@]1(C)C(=C(C(C)C)C[C@@H]1O)[C@@H](O[C@H]1O[C@H](CO)[C@@H](O)[C@@H](O)[C@H]1O)[C@H](O)[C@@H]2C. The summed E-state index contributed by atoms with van der Waals surface area (Å²) in [5.41, 5.74) is 2.15. The zero-order valence-electron chi connectivity index (χ0n) is 21.9. The molecule has 206 valence electrons. The summed E-state index contributed by atoms with van der Waals surface area (Å²) in [6.45, 7) is 8.06. The molecule has 2 fully saturated rings. The third-order valence-corrected chi connectivity index (χ3v) is 9.19. The Bertz CT molecular complexity index is 854. The zero-order chi connectivity index (χ0) is 26.5. The van der Waals surface area contributed by atoms with Crippen molar-refractivity contribution in [3.8, 4) is 0 Å². The van der Waals surface area contributed by atoms with Gasteiger partial charge in [-0.05, 0) is 49.5 Å². The zero-order valence-corrected chi connectivity index (χ0v) is 21.9. The average Bonchev–Trinajstić information content (AvgIpc) is 3.34. The lowest BCUT2D eigenvalue weighted by atomic mass is 9.68. The number of aliphatic hydroxyl groups is 6. The summed E-state index contributed by atoms with van der Waals surface area (Å²) in [5, 5.41) is 64.1. The second kappa shape index (κ2) is 10.7. The Balaban J connectivity index is 1.81. The molecule has 1 aliphatic heterocycles. The van der Waals surface area contributed by atoms with Crippen molar-refractivity contribution in [2.45, 2.75) is 96.0 Å². The fraction of sp³-hybridized carbons (Fsp3) is 0.852. The molecule has 4 rings (SSSR count). The summed E-state index contributed by atoms with van der Waals surface area (Å²) < 4.78 is 17.5. The fourth-order valence-electron chi connectivity index (χ4n) is 6.96. The monoisotopic (exact) mass is 512 g/mol. The molecule has 9 nitrogen and oxygen atoms in total. The van der Waals surface area contributed by atoms with Gasteiger partial charge in [0.2, 0.25) is 0 Å². The van der Waals surface area contributed by atoms with Crippen LogP contribution in [0.4, 0.5) is 0 Å². The molecule has 6 N–H and O–H groups in total. The molecule has 0 amide bonds. The summed E-state index contributed by atoms with van der Waals surface area (Å²) in [4.78, 5) is 0. The van der Waals surface area contributed by atoms with Crippen molar-refractivity contribution < 1.29 is 44.8 Å². The Kier molecular flexibility index (Phi) is 8.37. The quantitative estimate of drug-likeness (QED) is 0.280. The van der Waals surface area contributed by atoms with Crippen molar-refractivity contribution in [3.05, 3.63) is 22.8 Å². The highest BCUT2D eigenvalue weighted by Crippen LogP contribution is 2.55. The molecule has 0 aromatic carbocycles. The largest absolute Gasteiger partial charge is 0.394 e. The van der Waals surface area contributed by atoms with Crippen LogP contribution in [0.1, 0.15) is 47.0 Å². The van der Waals surface area contributed by atoms with Crippen molar-refractivity contribution in [3.63, 3.8) is 0 Å². The first-order chi connectivity index (χ1) is 17.0. The van der Waals surface area contributed by atoms with E-state index in [1.165, 1.54) is 5.57 Å². The topological polar surface area (TPSA) is 149 Å². The van der Waals surface area contributed by atoms with E-state index in [9.17, 15) is 30.6 Å². The Morgan fingerprint density at radius 2 is 1.75 bits per heavy atom. The number of ether oxygens (including phenoxy) is 3. The van der Waals surface area contributed by atoms with E-state index < -0.39 is 61.0 Å². The minimum absolute atomic E-state index is 0.0758. The lowest BCUT2D eigenvalue weighted by Gasteiger charge is -2.46. The molecule has 0 radical (unpaired) electrons. The molecular weight excluding hydrogens is 468 g/mol. The molecule has 0 bridgehead atoms. The highest BCUT2D eigenvalue weighted by molar-refractivity contribution is 5.43. The van der Waals surface area contributed by atoms with E-state index in [1.807, 2.05) is 27.7 Å². The van der Waals surface area contributed by atoms with Crippen molar-refractivity contribution in [2.24, 2.45) is 29.1 Å². The van der Waals surface area contributed by atoms with Crippen LogP contribution in [0.2, 0.25) is 0 Å². The van der Waals surface area contributed by atoms with Crippen molar-refractivity contribution in [1.82, 2.24) is 0 Å². The van der Waals surface area contributed by atoms with E-state index >= 15 is 0 Å². The fourth-order valence-corrected chi connectivity index (χ4v) is 6.96. The number of hydrogen-bond acceptors (Lipinski definition) is 9. The first-order valence-electron chi connectivity index (χ1n) is 13.2. The normalized spacial score (nSPS) is 47.4. The Hall–Kier alpha value is -0.880. The van der Waals surface area contributed by atoms with E-state index in [0.29, 0.717) is 13.0 Å². The van der Waals surface area contributed by atoms with E-state index in [1.54, 1.807) is 7.11 Å². The van der Waals surface area contributed by atoms with Crippen LogP contribution in [0.5, 0.6) is 0 Å². The molecule has 4 aliphatic rings. The first kappa shape index (κ1) is 28.1. The van der Waals surface area contributed by atoms with E-state index in [4.69, 9.17) is 14.2 Å². The number of fused-ring (bicyclic) bond motifs is 2. The van der Waals surface area contributed by atoms with Gasteiger partial charge in [0.15, 0.2) is 6.29 Å². The van der Waals surface area contributed by atoms with Gasteiger partial charge in [0.1, 0.15) is 30.5 Å². The Morgan fingerprint density at radius 1 is 1.06 bits per heavy atom. The maximum atomic E-state index is 11.8. The third kappa shape index (κ3) is 4.61. The number of methoxy groups -OCH3 is 1. The summed E-state index contributed by atoms with van der Waals surface area (Å²) in [6.07, 6.45) is -5.39. The molecule has 1 saturated heterocycles. The lowest BCUT2D eigenvalue weighted by molar-refractivity contribution is -0.315. The summed E-state index contributed by atoms with van der Waals surface area (Å²) in [5.74, 6) is 0.170. The highest BCUT2D eigenvalue weighted by Gasteiger charge is 2.55. The summed E-state index contributed by atoms with van der Waals surface area (Å²) in [7, 11) is 1.69. The molecule has 0 aromatic heterocycles. The van der Waals surface area contributed by atoms with Crippen molar-refractivity contribution >= 4 is 0 Å². The second-order valence-electron chi connectivity index (χ2n) is 11.7. The predicted octanol–water partition coefficient (Wildman–Crippen LogP) is 0.505. The maximum absolute atomic E-state index is 11.8. The highest BCUT2D eigenvalue weighted by atomic mass is 16.7. The standard InChI is InChI=1S/C27H44O9/c1-12(2)16-8-19(29)27(4)9-17-14(11-34-5)6-7-15(17)13(3)21(30)25(20(16)27)36-26-24(33)23(32)22(31)18(10-28)35-26/h9,12-15,18-19,21-26,28-33H,6-8,10-11H2,1-5H3/t13-,14-,15+,18-,19+,21-,22-,23-,24-,25-,26-,27+/m1/s1. The van der Waals surface area contributed by atoms with E-state index in [2.05, 4.69) is 6.08 Å². The van der Waals surface area contributed by atoms with Crippen LogP contribution in [0.25, 0.3) is 0 Å². The molecule has 0 aromatic rings. The van der Waals surface area contributed by atoms with Gasteiger partial charge in [-0.25, -0.2) is 0 Å². The minimum Gasteiger partial charge on any atom is -0.394 e. The number of rotatable bonds is 6. The summed E-state index contributed by atoms with van der Waals surface area (Å²) in [6, 6.07) is 0. The Labute approximate surface area is 213 Å². The van der Waals surface area contributed by atoms with Crippen LogP contribution in [0, 0.1) is 29.1 Å². The van der Waals surface area contributed by atoms with Crippen LogP contribution >= 0.6 is 0 Å². The third-order valence-electron chi connectivity index (χ3n) is 9.19. The van der Waals surface area contributed by atoms with Gasteiger partial charge in [-0.3, -0.25) is 0 Å². The smallest absolute Gasteiger partial charge is 0.187 e. The minimum atomic E-state index is -1.58. The van der Waals surface area contributed by atoms with Gasteiger partial charge >= 0.3 is 0 Å². The molecule has 12 atom stereocenters. The van der Waals surface area contributed by atoms with Gasteiger partial charge in [-0.1, -0.05) is 38.0 Å².